The van der Waals surface area contributed by atoms with Crippen LogP contribution in [-0.4, -0.2) is 63.4 Å². The van der Waals surface area contributed by atoms with E-state index in [1.807, 2.05) is 24.3 Å². The molecule has 0 aliphatic carbocycles. The zero-order chi connectivity index (χ0) is 22.5. The minimum Gasteiger partial charge on any atom is -0.497 e. The molecular weight excluding hydrogens is 412 g/mol. The van der Waals surface area contributed by atoms with E-state index in [4.69, 9.17) is 9.47 Å². The van der Waals surface area contributed by atoms with Crippen LogP contribution in [0.25, 0.3) is 0 Å². The number of hydrogen-bond donors (Lipinski definition) is 1. The Kier molecular flexibility index (Phi) is 6.75. The average Bonchev–Trinajstić information content (AvgIpc) is 2.84. The van der Waals surface area contributed by atoms with Crippen LogP contribution in [0.5, 0.6) is 5.75 Å². The van der Waals surface area contributed by atoms with Gasteiger partial charge < -0.3 is 24.6 Å². The lowest BCUT2D eigenvalue weighted by molar-refractivity contribution is -0.384. The Bertz CT molecular complexity index is 951. The van der Waals surface area contributed by atoms with Gasteiger partial charge >= 0.3 is 0 Å². The van der Waals surface area contributed by atoms with E-state index in [1.165, 1.54) is 12.1 Å². The molecule has 0 spiro atoms. The zero-order valence-corrected chi connectivity index (χ0v) is 18.2. The average molecular weight is 441 g/mol. The van der Waals surface area contributed by atoms with Crippen molar-refractivity contribution in [2.45, 2.75) is 18.9 Å². The molecular formula is C23H28N4O5. The Labute approximate surface area is 187 Å². The van der Waals surface area contributed by atoms with Gasteiger partial charge in [-0.2, -0.15) is 0 Å². The number of morpholine rings is 1. The van der Waals surface area contributed by atoms with Crippen LogP contribution in [0, 0.1) is 10.1 Å². The SMILES string of the molecule is COc1ccc(N2CCC(NC(=O)c3cc([N+](=O)[O-])ccc3N3CCOCC3)CC2)cc1. The molecule has 0 aromatic heterocycles. The minimum absolute atomic E-state index is 0.0220. The van der Waals surface area contributed by atoms with Crippen molar-refractivity contribution in [1.29, 1.82) is 0 Å². The van der Waals surface area contributed by atoms with Crippen molar-refractivity contribution >= 4 is 23.0 Å². The highest BCUT2D eigenvalue weighted by Gasteiger charge is 2.26. The first-order chi connectivity index (χ1) is 15.5. The first-order valence-electron chi connectivity index (χ1n) is 10.9. The van der Waals surface area contributed by atoms with Crippen molar-refractivity contribution < 1.29 is 19.2 Å². The van der Waals surface area contributed by atoms with Gasteiger partial charge in [0.2, 0.25) is 0 Å². The second kappa shape index (κ2) is 9.86. The van der Waals surface area contributed by atoms with E-state index >= 15 is 0 Å². The molecule has 0 bridgehead atoms. The zero-order valence-electron chi connectivity index (χ0n) is 18.2. The van der Waals surface area contributed by atoms with Crippen molar-refractivity contribution in [3.05, 3.63) is 58.1 Å². The summed E-state index contributed by atoms with van der Waals surface area (Å²) in [5.41, 5.74) is 2.11. The van der Waals surface area contributed by atoms with Gasteiger partial charge in [0.05, 0.1) is 36.5 Å². The van der Waals surface area contributed by atoms with Crippen molar-refractivity contribution in [1.82, 2.24) is 5.32 Å². The highest BCUT2D eigenvalue weighted by atomic mass is 16.6. The summed E-state index contributed by atoms with van der Waals surface area (Å²) in [7, 11) is 1.65. The van der Waals surface area contributed by atoms with Gasteiger partial charge in [-0.1, -0.05) is 0 Å². The number of methoxy groups -OCH3 is 1. The fraction of sp³-hybridized carbons (Fsp3) is 0.435. The third-order valence-electron chi connectivity index (χ3n) is 6.06. The molecule has 0 atom stereocenters. The molecule has 4 rings (SSSR count). The number of carbonyl (C=O) groups excluding carboxylic acids is 1. The lowest BCUT2D eigenvalue weighted by Gasteiger charge is -2.34. The summed E-state index contributed by atoms with van der Waals surface area (Å²) in [6, 6.07) is 12.5. The Morgan fingerprint density at radius 2 is 1.75 bits per heavy atom. The number of hydrogen-bond acceptors (Lipinski definition) is 7. The van der Waals surface area contributed by atoms with Gasteiger partial charge in [-0.15, -0.1) is 0 Å². The quantitative estimate of drug-likeness (QED) is 0.545. The number of nitrogens with one attached hydrogen (secondary N) is 1. The van der Waals surface area contributed by atoms with Gasteiger partial charge in [0, 0.05) is 50.0 Å². The van der Waals surface area contributed by atoms with Crippen LogP contribution in [0.3, 0.4) is 0 Å². The third kappa shape index (κ3) is 4.94. The first-order valence-corrected chi connectivity index (χ1v) is 10.9. The Morgan fingerprint density at radius 1 is 1.06 bits per heavy atom. The summed E-state index contributed by atoms with van der Waals surface area (Å²) in [4.78, 5) is 28.3. The van der Waals surface area contributed by atoms with Crippen LogP contribution in [0.4, 0.5) is 17.1 Å². The number of nitro benzene ring substituents is 1. The monoisotopic (exact) mass is 440 g/mol. The highest BCUT2D eigenvalue weighted by Crippen LogP contribution is 2.27. The lowest BCUT2D eigenvalue weighted by atomic mass is 10.0. The molecule has 0 saturated carbocycles. The summed E-state index contributed by atoms with van der Waals surface area (Å²) in [6.45, 7) is 4.09. The molecule has 2 aliphatic heterocycles. The Hall–Kier alpha value is -3.33. The lowest BCUT2D eigenvalue weighted by Crippen LogP contribution is -2.45. The number of anilines is 2. The van der Waals surface area contributed by atoms with E-state index < -0.39 is 4.92 Å². The Balaban J connectivity index is 1.43. The normalized spacial score (nSPS) is 17.2. The van der Waals surface area contributed by atoms with Gasteiger partial charge in [0.15, 0.2) is 0 Å². The molecule has 2 aromatic carbocycles. The van der Waals surface area contributed by atoms with Crippen LogP contribution in [-0.2, 0) is 4.74 Å². The fourth-order valence-electron chi connectivity index (χ4n) is 4.24. The smallest absolute Gasteiger partial charge is 0.270 e. The van der Waals surface area contributed by atoms with Gasteiger partial charge in [0.25, 0.3) is 11.6 Å². The first kappa shape index (κ1) is 21.9. The minimum atomic E-state index is -0.465. The number of rotatable bonds is 6. The number of ether oxygens (including phenoxy) is 2. The maximum Gasteiger partial charge on any atom is 0.270 e. The molecule has 1 amide bonds. The van der Waals surface area contributed by atoms with E-state index in [9.17, 15) is 14.9 Å². The molecule has 2 aromatic rings. The number of piperidine rings is 1. The summed E-state index contributed by atoms with van der Waals surface area (Å²) in [5, 5.41) is 14.4. The topological polar surface area (TPSA) is 97.2 Å². The maximum atomic E-state index is 13.2. The van der Waals surface area contributed by atoms with E-state index in [0.29, 0.717) is 37.6 Å². The Morgan fingerprint density at radius 3 is 2.38 bits per heavy atom. The van der Waals surface area contributed by atoms with Gasteiger partial charge in [-0.25, -0.2) is 0 Å². The molecule has 32 heavy (non-hydrogen) atoms. The maximum absolute atomic E-state index is 13.2. The summed E-state index contributed by atoms with van der Waals surface area (Å²) in [6.07, 6.45) is 1.61. The molecule has 9 heteroatoms. The molecule has 9 nitrogen and oxygen atoms in total. The van der Waals surface area contributed by atoms with Crippen molar-refractivity contribution in [3.63, 3.8) is 0 Å². The fourth-order valence-corrected chi connectivity index (χ4v) is 4.24. The third-order valence-corrected chi connectivity index (χ3v) is 6.06. The summed E-state index contributed by atoms with van der Waals surface area (Å²) < 4.78 is 10.6. The van der Waals surface area contributed by atoms with Crippen LogP contribution >= 0.6 is 0 Å². The predicted molar refractivity (Wildman–Crippen MR) is 122 cm³/mol. The number of benzene rings is 2. The van der Waals surface area contributed by atoms with E-state index in [2.05, 4.69) is 15.1 Å². The van der Waals surface area contributed by atoms with Gasteiger partial charge in [-0.05, 0) is 43.2 Å². The number of non-ortho nitro benzene ring substituents is 1. The van der Waals surface area contributed by atoms with Crippen molar-refractivity contribution in [2.24, 2.45) is 0 Å². The number of amides is 1. The second-order valence-electron chi connectivity index (χ2n) is 7.99. The molecule has 0 unspecified atom stereocenters. The van der Waals surface area contributed by atoms with Gasteiger partial charge in [-0.3, -0.25) is 14.9 Å². The number of nitro groups is 1. The van der Waals surface area contributed by atoms with E-state index in [0.717, 1.165) is 37.4 Å². The van der Waals surface area contributed by atoms with Crippen LogP contribution < -0.4 is 19.9 Å². The van der Waals surface area contributed by atoms with Crippen LogP contribution in [0.15, 0.2) is 42.5 Å². The number of carbonyl (C=O) groups is 1. The van der Waals surface area contributed by atoms with Crippen molar-refractivity contribution in [3.8, 4) is 5.75 Å². The molecule has 2 fully saturated rings. The van der Waals surface area contributed by atoms with Crippen LogP contribution in [0.2, 0.25) is 0 Å². The molecule has 2 saturated heterocycles. The largest absolute Gasteiger partial charge is 0.497 e. The molecule has 2 heterocycles. The summed E-state index contributed by atoms with van der Waals surface area (Å²) in [5.74, 6) is 0.557. The van der Waals surface area contributed by atoms with Gasteiger partial charge in [0.1, 0.15) is 5.75 Å². The van der Waals surface area contributed by atoms with E-state index in [1.54, 1.807) is 13.2 Å². The predicted octanol–water partition coefficient (Wildman–Crippen LogP) is 2.84. The highest BCUT2D eigenvalue weighted by molar-refractivity contribution is 6.00. The van der Waals surface area contributed by atoms with E-state index in [-0.39, 0.29) is 17.6 Å². The molecule has 0 radical (unpaired) electrons. The van der Waals surface area contributed by atoms with Crippen LogP contribution in [0.1, 0.15) is 23.2 Å². The standard InChI is InChI=1S/C23H28N4O5/c1-31-20-5-2-18(3-6-20)25-10-8-17(9-11-25)24-23(28)21-16-19(27(29)30)4-7-22(21)26-12-14-32-15-13-26/h2-7,16-17H,8-15H2,1H3,(H,24,28). The summed E-state index contributed by atoms with van der Waals surface area (Å²) >= 11 is 0. The molecule has 2 aliphatic rings. The molecule has 1 N–H and O–H groups in total. The molecule has 170 valence electrons. The van der Waals surface area contributed by atoms with Crippen molar-refractivity contribution in [2.75, 3.05) is 56.3 Å². The number of nitrogens with zero attached hydrogens (tertiary/aromatic N) is 3. The second-order valence-corrected chi connectivity index (χ2v) is 7.99.